The highest BCUT2D eigenvalue weighted by atomic mass is 32.2. The lowest BCUT2D eigenvalue weighted by Gasteiger charge is -2.32. The molecule has 0 aliphatic carbocycles. The second-order valence-electron chi connectivity index (χ2n) is 5.55. The number of nitrogens with one attached hydrogen (secondary N) is 1. The summed E-state index contributed by atoms with van der Waals surface area (Å²) in [6.45, 7) is 5.19. The highest BCUT2D eigenvalue weighted by Crippen LogP contribution is 2.21. The van der Waals surface area contributed by atoms with Gasteiger partial charge in [0.1, 0.15) is 5.56 Å². The Labute approximate surface area is 124 Å². The monoisotopic (exact) mass is 294 g/mol. The van der Waals surface area contributed by atoms with Crippen LogP contribution in [-0.4, -0.2) is 40.9 Å². The number of amides is 1. The van der Waals surface area contributed by atoms with E-state index in [1.54, 1.807) is 0 Å². The van der Waals surface area contributed by atoms with Gasteiger partial charge in [-0.05, 0) is 56.2 Å². The number of carbonyl (C=O) groups is 1. The number of aromatic nitrogens is 1. The van der Waals surface area contributed by atoms with Crippen molar-refractivity contribution >= 4 is 17.7 Å². The molecule has 1 atom stereocenters. The molecule has 1 fully saturated rings. The van der Waals surface area contributed by atoms with Gasteiger partial charge in [0.05, 0.1) is 0 Å². The van der Waals surface area contributed by atoms with Gasteiger partial charge in [-0.3, -0.25) is 9.59 Å². The summed E-state index contributed by atoms with van der Waals surface area (Å²) in [6, 6.07) is 1.86. The minimum Gasteiger partial charge on any atom is -0.338 e. The Morgan fingerprint density at radius 2 is 2.25 bits per heavy atom. The van der Waals surface area contributed by atoms with Crippen molar-refractivity contribution in [3.8, 4) is 0 Å². The highest BCUT2D eigenvalue weighted by molar-refractivity contribution is 7.98. The Hall–Kier alpha value is -1.23. The number of aryl methyl sites for hydroxylation is 2. The second kappa shape index (κ2) is 6.48. The van der Waals surface area contributed by atoms with Gasteiger partial charge in [0, 0.05) is 18.8 Å². The fourth-order valence-electron chi connectivity index (χ4n) is 2.90. The van der Waals surface area contributed by atoms with Gasteiger partial charge in [0.15, 0.2) is 0 Å². The molecule has 1 amide bonds. The van der Waals surface area contributed by atoms with Crippen LogP contribution in [0.1, 0.15) is 34.5 Å². The van der Waals surface area contributed by atoms with Gasteiger partial charge < -0.3 is 9.88 Å². The lowest BCUT2D eigenvalue weighted by molar-refractivity contribution is 0.0683. The average molecular weight is 294 g/mol. The van der Waals surface area contributed by atoms with Crippen LogP contribution in [0, 0.1) is 19.8 Å². The third-order valence-corrected chi connectivity index (χ3v) is 4.59. The summed E-state index contributed by atoms with van der Waals surface area (Å²) in [5, 5.41) is 0. The molecule has 0 radical (unpaired) electrons. The van der Waals surface area contributed by atoms with Crippen LogP contribution in [0.5, 0.6) is 0 Å². The number of H-pyrrole nitrogens is 1. The van der Waals surface area contributed by atoms with Crippen molar-refractivity contribution in [2.24, 2.45) is 5.92 Å². The minimum atomic E-state index is -0.264. The minimum absolute atomic E-state index is 0.116. The molecule has 0 unspecified atom stereocenters. The van der Waals surface area contributed by atoms with E-state index in [-0.39, 0.29) is 11.5 Å². The summed E-state index contributed by atoms with van der Waals surface area (Å²) in [4.78, 5) is 29.2. The number of aromatic amines is 1. The Bertz CT molecular complexity index is 551. The van der Waals surface area contributed by atoms with E-state index in [1.165, 1.54) is 6.42 Å². The third-order valence-electron chi connectivity index (χ3n) is 3.79. The van der Waals surface area contributed by atoms with Crippen molar-refractivity contribution in [1.82, 2.24) is 9.88 Å². The number of pyridine rings is 1. The van der Waals surface area contributed by atoms with Crippen LogP contribution in [0.25, 0.3) is 0 Å². The van der Waals surface area contributed by atoms with E-state index in [4.69, 9.17) is 0 Å². The molecular formula is C15H22N2O2S. The van der Waals surface area contributed by atoms with Crippen LogP contribution < -0.4 is 5.56 Å². The maximum atomic E-state index is 12.6. The molecule has 1 aliphatic heterocycles. The zero-order valence-electron chi connectivity index (χ0n) is 12.4. The first kappa shape index (κ1) is 15.2. The molecule has 4 nitrogen and oxygen atoms in total. The van der Waals surface area contributed by atoms with Crippen LogP contribution in [0.4, 0.5) is 0 Å². The standard InChI is InChI=1S/C15H22N2O2S/c1-10-7-11(2)16-14(18)13(10)15(19)17-6-4-5-12(8-17)9-20-3/h7,12H,4-6,8-9H2,1-3H3,(H,16,18)/t12-/m0/s1. The topological polar surface area (TPSA) is 53.2 Å². The van der Waals surface area contributed by atoms with E-state index in [0.29, 0.717) is 11.5 Å². The number of thioether (sulfide) groups is 1. The summed E-state index contributed by atoms with van der Waals surface area (Å²) in [6.07, 6.45) is 4.29. The zero-order valence-corrected chi connectivity index (χ0v) is 13.2. The quantitative estimate of drug-likeness (QED) is 0.930. The first-order valence-corrected chi connectivity index (χ1v) is 8.41. The molecule has 0 saturated carbocycles. The number of nitrogens with zero attached hydrogens (tertiary/aromatic N) is 1. The Balaban J connectivity index is 2.21. The van der Waals surface area contributed by atoms with Gasteiger partial charge in [-0.15, -0.1) is 0 Å². The van der Waals surface area contributed by atoms with E-state index >= 15 is 0 Å². The Kier molecular flexibility index (Phi) is 4.91. The van der Waals surface area contributed by atoms with E-state index in [1.807, 2.05) is 36.6 Å². The van der Waals surface area contributed by atoms with Crippen molar-refractivity contribution in [3.05, 3.63) is 33.2 Å². The van der Waals surface area contributed by atoms with E-state index in [2.05, 4.69) is 11.2 Å². The summed E-state index contributed by atoms with van der Waals surface area (Å²) < 4.78 is 0. The van der Waals surface area contributed by atoms with Crippen molar-refractivity contribution in [2.75, 3.05) is 25.1 Å². The van der Waals surface area contributed by atoms with E-state index in [0.717, 1.165) is 36.5 Å². The second-order valence-corrected chi connectivity index (χ2v) is 6.46. The number of hydrogen-bond acceptors (Lipinski definition) is 3. The molecule has 1 aromatic rings. The lowest BCUT2D eigenvalue weighted by atomic mass is 9.98. The molecular weight excluding hydrogens is 272 g/mol. The molecule has 1 saturated heterocycles. The molecule has 2 rings (SSSR count). The fourth-order valence-corrected chi connectivity index (χ4v) is 3.64. The number of hydrogen-bond donors (Lipinski definition) is 1. The summed E-state index contributed by atoms with van der Waals surface area (Å²) in [5.74, 6) is 1.51. The van der Waals surface area contributed by atoms with Gasteiger partial charge in [0.2, 0.25) is 0 Å². The lowest BCUT2D eigenvalue weighted by Crippen LogP contribution is -2.42. The molecule has 1 aliphatic rings. The molecule has 110 valence electrons. The van der Waals surface area contributed by atoms with Crippen LogP contribution in [0.15, 0.2) is 10.9 Å². The van der Waals surface area contributed by atoms with Crippen molar-refractivity contribution in [2.45, 2.75) is 26.7 Å². The maximum absolute atomic E-state index is 12.6. The van der Waals surface area contributed by atoms with Gasteiger partial charge in [-0.2, -0.15) is 11.8 Å². The number of piperidine rings is 1. The molecule has 5 heteroatoms. The average Bonchev–Trinajstić information content (AvgIpc) is 2.38. The van der Waals surface area contributed by atoms with Crippen molar-refractivity contribution < 1.29 is 4.79 Å². The third kappa shape index (κ3) is 3.26. The van der Waals surface area contributed by atoms with Crippen molar-refractivity contribution in [3.63, 3.8) is 0 Å². The molecule has 0 bridgehead atoms. The molecule has 20 heavy (non-hydrogen) atoms. The molecule has 1 N–H and O–H groups in total. The van der Waals surface area contributed by atoms with E-state index < -0.39 is 0 Å². The molecule has 2 heterocycles. The van der Waals surface area contributed by atoms with Crippen LogP contribution in [0.2, 0.25) is 0 Å². The first-order valence-electron chi connectivity index (χ1n) is 7.01. The first-order chi connectivity index (χ1) is 9.52. The van der Waals surface area contributed by atoms with Gasteiger partial charge in [0.25, 0.3) is 11.5 Å². The molecule has 0 aromatic carbocycles. The van der Waals surface area contributed by atoms with Crippen LogP contribution in [0.3, 0.4) is 0 Å². The van der Waals surface area contributed by atoms with Gasteiger partial charge in [-0.1, -0.05) is 0 Å². The predicted octanol–water partition coefficient (Wildman–Crippen LogP) is 2.21. The molecule has 0 spiro atoms. The highest BCUT2D eigenvalue weighted by Gasteiger charge is 2.26. The van der Waals surface area contributed by atoms with Crippen LogP contribution in [-0.2, 0) is 0 Å². The summed E-state index contributed by atoms with van der Waals surface area (Å²) in [5.41, 5.74) is 1.60. The van der Waals surface area contributed by atoms with Gasteiger partial charge in [-0.25, -0.2) is 0 Å². The summed E-state index contributed by atoms with van der Waals surface area (Å²) >= 11 is 1.82. The predicted molar refractivity (Wildman–Crippen MR) is 83.5 cm³/mol. The number of carbonyl (C=O) groups excluding carboxylic acids is 1. The largest absolute Gasteiger partial charge is 0.338 e. The maximum Gasteiger partial charge on any atom is 0.261 e. The summed E-state index contributed by atoms with van der Waals surface area (Å²) in [7, 11) is 0. The van der Waals surface area contributed by atoms with E-state index in [9.17, 15) is 9.59 Å². The number of likely N-dealkylation sites (tertiary alicyclic amines) is 1. The Morgan fingerprint density at radius 3 is 2.90 bits per heavy atom. The molecule has 1 aromatic heterocycles. The fraction of sp³-hybridized carbons (Fsp3) is 0.600. The zero-order chi connectivity index (χ0) is 14.7. The van der Waals surface area contributed by atoms with Gasteiger partial charge >= 0.3 is 0 Å². The Morgan fingerprint density at radius 1 is 1.50 bits per heavy atom. The SMILES string of the molecule is CSC[C@H]1CCCN(C(=O)c2c(C)cc(C)[nH]c2=O)C1. The number of rotatable bonds is 3. The smallest absolute Gasteiger partial charge is 0.261 e. The normalized spacial score (nSPS) is 19.1. The van der Waals surface area contributed by atoms with Crippen LogP contribution >= 0.6 is 11.8 Å². The van der Waals surface area contributed by atoms with Crippen molar-refractivity contribution in [1.29, 1.82) is 0 Å².